The van der Waals surface area contributed by atoms with Crippen LogP contribution in [-0.2, 0) is 17.8 Å². The fourth-order valence-electron chi connectivity index (χ4n) is 1.90. The Kier molecular flexibility index (Phi) is 5.91. The highest BCUT2D eigenvalue weighted by atomic mass is 32.1. The standard InChI is InChI=1S/C17H18N2O2S/c1-21-16(20)15-9-7-14(8-10-15)12-19-17(22)18-11-13-5-3-2-4-6-13/h2-10H,11-12H2,1H3,(H2,18,19,22). The molecule has 0 aliphatic carbocycles. The molecule has 0 atom stereocenters. The molecule has 0 saturated carbocycles. The Morgan fingerprint density at radius 2 is 1.50 bits per heavy atom. The van der Waals surface area contributed by atoms with Gasteiger partial charge in [-0.2, -0.15) is 0 Å². The fourth-order valence-corrected chi connectivity index (χ4v) is 2.04. The van der Waals surface area contributed by atoms with Crippen molar-refractivity contribution in [3.8, 4) is 0 Å². The van der Waals surface area contributed by atoms with Crippen LogP contribution in [0.25, 0.3) is 0 Å². The van der Waals surface area contributed by atoms with Crippen molar-refractivity contribution >= 4 is 23.3 Å². The molecular formula is C17H18N2O2S. The minimum atomic E-state index is -0.334. The molecule has 0 amide bonds. The minimum absolute atomic E-state index is 0.334. The van der Waals surface area contributed by atoms with Gasteiger partial charge in [-0.25, -0.2) is 4.79 Å². The summed E-state index contributed by atoms with van der Waals surface area (Å²) in [5.74, 6) is -0.334. The summed E-state index contributed by atoms with van der Waals surface area (Å²) in [6, 6.07) is 17.3. The molecule has 2 aromatic carbocycles. The minimum Gasteiger partial charge on any atom is -0.465 e. The first-order valence-electron chi connectivity index (χ1n) is 6.92. The third kappa shape index (κ3) is 4.86. The molecule has 0 unspecified atom stereocenters. The summed E-state index contributed by atoms with van der Waals surface area (Å²) in [7, 11) is 1.37. The van der Waals surface area contributed by atoms with Gasteiger partial charge in [0.25, 0.3) is 0 Å². The van der Waals surface area contributed by atoms with Gasteiger partial charge in [0.05, 0.1) is 12.7 Å². The predicted octanol–water partition coefficient (Wildman–Crippen LogP) is 2.64. The summed E-state index contributed by atoms with van der Waals surface area (Å²) in [6.45, 7) is 1.29. The van der Waals surface area contributed by atoms with E-state index in [4.69, 9.17) is 12.2 Å². The van der Waals surface area contributed by atoms with Gasteiger partial charge in [0, 0.05) is 13.1 Å². The molecule has 2 aromatic rings. The van der Waals surface area contributed by atoms with E-state index in [-0.39, 0.29) is 5.97 Å². The van der Waals surface area contributed by atoms with Crippen molar-refractivity contribution in [3.05, 3.63) is 71.3 Å². The Hall–Kier alpha value is -2.40. The van der Waals surface area contributed by atoms with Crippen LogP contribution in [0.3, 0.4) is 0 Å². The summed E-state index contributed by atoms with van der Waals surface area (Å²) in [6.07, 6.45) is 0. The highest BCUT2D eigenvalue weighted by Gasteiger charge is 2.04. The van der Waals surface area contributed by atoms with Gasteiger partial charge in [0.1, 0.15) is 0 Å². The second-order valence-corrected chi connectivity index (χ2v) is 5.12. The van der Waals surface area contributed by atoms with Crippen LogP contribution in [0.15, 0.2) is 54.6 Å². The number of carbonyl (C=O) groups is 1. The van der Waals surface area contributed by atoms with Gasteiger partial charge in [-0.3, -0.25) is 0 Å². The number of nitrogens with one attached hydrogen (secondary N) is 2. The largest absolute Gasteiger partial charge is 0.465 e. The molecule has 0 radical (unpaired) electrons. The molecular weight excluding hydrogens is 296 g/mol. The summed E-state index contributed by atoms with van der Waals surface area (Å²) in [5.41, 5.74) is 2.75. The quantitative estimate of drug-likeness (QED) is 0.656. The first-order valence-corrected chi connectivity index (χ1v) is 7.33. The number of thiocarbonyl (C=S) groups is 1. The molecule has 114 valence electrons. The zero-order valence-electron chi connectivity index (χ0n) is 12.3. The van der Waals surface area contributed by atoms with Gasteiger partial charge < -0.3 is 15.4 Å². The Labute approximate surface area is 135 Å². The molecule has 0 heterocycles. The number of ether oxygens (including phenoxy) is 1. The first-order chi connectivity index (χ1) is 10.7. The van der Waals surface area contributed by atoms with E-state index in [2.05, 4.69) is 15.4 Å². The Bertz CT molecular complexity index is 627. The highest BCUT2D eigenvalue weighted by Crippen LogP contribution is 2.05. The average molecular weight is 314 g/mol. The van der Waals surface area contributed by atoms with Gasteiger partial charge in [-0.15, -0.1) is 0 Å². The second-order valence-electron chi connectivity index (χ2n) is 4.71. The molecule has 22 heavy (non-hydrogen) atoms. The highest BCUT2D eigenvalue weighted by molar-refractivity contribution is 7.80. The molecule has 2 rings (SSSR count). The number of esters is 1. The van der Waals surface area contributed by atoms with E-state index < -0.39 is 0 Å². The van der Waals surface area contributed by atoms with Crippen molar-refractivity contribution in [2.24, 2.45) is 0 Å². The summed E-state index contributed by atoms with van der Waals surface area (Å²) >= 11 is 5.24. The van der Waals surface area contributed by atoms with Gasteiger partial charge in [-0.1, -0.05) is 42.5 Å². The van der Waals surface area contributed by atoms with Gasteiger partial charge in [0.2, 0.25) is 0 Å². The lowest BCUT2D eigenvalue weighted by Crippen LogP contribution is -2.34. The van der Waals surface area contributed by atoms with Crippen LogP contribution in [0.4, 0.5) is 0 Å². The van der Waals surface area contributed by atoms with Crippen LogP contribution in [0.5, 0.6) is 0 Å². The smallest absolute Gasteiger partial charge is 0.337 e. The molecule has 0 fully saturated rings. The van der Waals surface area contributed by atoms with E-state index in [1.165, 1.54) is 12.7 Å². The normalized spacial score (nSPS) is 9.86. The second kappa shape index (κ2) is 8.14. The predicted molar refractivity (Wildman–Crippen MR) is 90.5 cm³/mol. The molecule has 0 aliphatic heterocycles. The van der Waals surface area contributed by atoms with E-state index in [0.717, 1.165) is 5.56 Å². The number of methoxy groups -OCH3 is 1. The first kappa shape index (κ1) is 16.0. The fraction of sp³-hybridized carbons (Fsp3) is 0.176. The number of carbonyl (C=O) groups excluding carboxylic acids is 1. The lowest BCUT2D eigenvalue weighted by atomic mass is 10.1. The number of benzene rings is 2. The monoisotopic (exact) mass is 314 g/mol. The molecule has 4 nitrogen and oxygen atoms in total. The van der Waals surface area contributed by atoms with Crippen molar-refractivity contribution in [2.45, 2.75) is 13.1 Å². The molecule has 0 bridgehead atoms. The maximum atomic E-state index is 11.3. The molecule has 0 aromatic heterocycles. The Morgan fingerprint density at radius 1 is 0.955 bits per heavy atom. The van der Waals surface area contributed by atoms with E-state index in [0.29, 0.717) is 23.8 Å². The van der Waals surface area contributed by atoms with Crippen molar-refractivity contribution in [1.82, 2.24) is 10.6 Å². The van der Waals surface area contributed by atoms with Crippen LogP contribution in [0, 0.1) is 0 Å². The van der Waals surface area contributed by atoms with Crippen LogP contribution >= 0.6 is 12.2 Å². The molecule has 0 aliphatic rings. The summed E-state index contributed by atoms with van der Waals surface area (Å²) in [4.78, 5) is 11.3. The van der Waals surface area contributed by atoms with Crippen LogP contribution in [-0.4, -0.2) is 18.2 Å². The molecule has 5 heteroatoms. The van der Waals surface area contributed by atoms with E-state index in [1.54, 1.807) is 12.1 Å². The van der Waals surface area contributed by atoms with Crippen molar-refractivity contribution < 1.29 is 9.53 Å². The lowest BCUT2D eigenvalue weighted by molar-refractivity contribution is 0.0600. The van der Waals surface area contributed by atoms with Gasteiger partial charge in [0.15, 0.2) is 5.11 Å². The van der Waals surface area contributed by atoms with Crippen molar-refractivity contribution in [2.75, 3.05) is 7.11 Å². The van der Waals surface area contributed by atoms with E-state index in [9.17, 15) is 4.79 Å². The number of rotatable bonds is 5. The molecule has 0 saturated heterocycles. The zero-order valence-corrected chi connectivity index (χ0v) is 13.2. The number of hydrogen-bond donors (Lipinski definition) is 2. The van der Waals surface area contributed by atoms with Gasteiger partial charge in [-0.05, 0) is 35.5 Å². The van der Waals surface area contributed by atoms with Crippen LogP contribution in [0.2, 0.25) is 0 Å². The van der Waals surface area contributed by atoms with Crippen LogP contribution < -0.4 is 10.6 Å². The van der Waals surface area contributed by atoms with Gasteiger partial charge >= 0.3 is 5.97 Å². The van der Waals surface area contributed by atoms with E-state index >= 15 is 0 Å². The summed E-state index contributed by atoms with van der Waals surface area (Å²) in [5, 5.41) is 6.89. The average Bonchev–Trinajstić information content (AvgIpc) is 2.58. The molecule has 2 N–H and O–H groups in total. The van der Waals surface area contributed by atoms with E-state index in [1.807, 2.05) is 42.5 Å². The van der Waals surface area contributed by atoms with Crippen molar-refractivity contribution in [3.63, 3.8) is 0 Å². The SMILES string of the molecule is COC(=O)c1ccc(CNC(=S)NCc2ccccc2)cc1. The third-order valence-corrected chi connectivity index (χ3v) is 3.41. The summed E-state index contributed by atoms with van der Waals surface area (Å²) < 4.78 is 4.66. The number of hydrogen-bond acceptors (Lipinski definition) is 3. The Balaban J connectivity index is 1.77. The third-order valence-electron chi connectivity index (χ3n) is 3.12. The Morgan fingerprint density at radius 3 is 2.05 bits per heavy atom. The maximum absolute atomic E-state index is 11.3. The maximum Gasteiger partial charge on any atom is 0.337 e. The van der Waals surface area contributed by atoms with Crippen LogP contribution in [0.1, 0.15) is 21.5 Å². The molecule has 0 spiro atoms. The lowest BCUT2D eigenvalue weighted by Gasteiger charge is -2.11. The topological polar surface area (TPSA) is 50.4 Å². The van der Waals surface area contributed by atoms with Crippen molar-refractivity contribution in [1.29, 1.82) is 0 Å². The zero-order chi connectivity index (χ0) is 15.8.